The van der Waals surface area contributed by atoms with E-state index in [-0.39, 0.29) is 11.9 Å². The predicted octanol–water partition coefficient (Wildman–Crippen LogP) is 4.24. The van der Waals surface area contributed by atoms with Crippen molar-refractivity contribution < 1.29 is 4.39 Å². The number of allylic oxidation sites excluding steroid dienone is 1. The molecule has 0 saturated heterocycles. The van der Waals surface area contributed by atoms with Crippen LogP contribution in [0.3, 0.4) is 0 Å². The Labute approximate surface area is 140 Å². The van der Waals surface area contributed by atoms with Gasteiger partial charge in [0.05, 0.1) is 0 Å². The van der Waals surface area contributed by atoms with Gasteiger partial charge in [0.2, 0.25) is 5.95 Å². The fraction of sp³-hybridized carbons (Fsp3) is 0.0588. The van der Waals surface area contributed by atoms with Crippen LogP contribution in [0.5, 0.6) is 0 Å². The second-order valence-corrected chi connectivity index (χ2v) is 6.13. The number of aromatic nitrogens is 3. The maximum Gasteiger partial charge on any atom is 0.226 e. The zero-order valence-electron chi connectivity index (χ0n) is 11.9. The van der Waals surface area contributed by atoms with Gasteiger partial charge in [0.15, 0.2) is 0 Å². The van der Waals surface area contributed by atoms with E-state index in [9.17, 15) is 4.39 Å². The normalized spacial score (nSPS) is 16.4. The van der Waals surface area contributed by atoms with Crippen molar-refractivity contribution in [1.82, 2.24) is 14.8 Å². The van der Waals surface area contributed by atoms with Gasteiger partial charge < -0.3 is 5.32 Å². The second-order valence-electron chi connectivity index (χ2n) is 5.21. The van der Waals surface area contributed by atoms with Crippen LogP contribution < -0.4 is 5.32 Å². The molecule has 2 heterocycles. The maximum absolute atomic E-state index is 14.1. The Balaban J connectivity index is 1.83. The lowest BCUT2D eigenvalue weighted by Crippen LogP contribution is -2.20. The summed E-state index contributed by atoms with van der Waals surface area (Å²) in [6.07, 6.45) is 3.45. The van der Waals surface area contributed by atoms with E-state index in [1.807, 2.05) is 36.4 Å². The topological polar surface area (TPSA) is 42.7 Å². The van der Waals surface area contributed by atoms with Crippen LogP contribution in [0.4, 0.5) is 10.3 Å². The SMILES string of the molecule is Fc1ccccc1C1=CC(c2ccc(Br)cc2)n2ncnc2N1. The van der Waals surface area contributed by atoms with Crippen molar-refractivity contribution in [2.24, 2.45) is 0 Å². The van der Waals surface area contributed by atoms with E-state index in [2.05, 4.69) is 31.3 Å². The molecule has 2 aromatic carbocycles. The molecule has 23 heavy (non-hydrogen) atoms. The molecule has 114 valence electrons. The van der Waals surface area contributed by atoms with Crippen molar-refractivity contribution in [3.05, 3.63) is 82.4 Å². The number of nitrogens with zero attached hydrogens (tertiary/aromatic N) is 3. The van der Waals surface area contributed by atoms with Crippen LogP contribution in [0, 0.1) is 5.82 Å². The zero-order valence-corrected chi connectivity index (χ0v) is 13.5. The van der Waals surface area contributed by atoms with Crippen molar-refractivity contribution in [2.75, 3.05) is 5.32 Å². The van der Waals surface area contributed by atoms with Gasteiger partial charge in [-0.1, -0.05) is 40.2 Å². The lowest BCUT2D eigenvalue weighted by Gasteiger charge is -2.24. The quantitative estimate of drug-likeness (QED) is 0.733. The predicted molar refractivity (Wildman–Crippen MR) is 90.3 cm³/mol. The number of hydrogen-bond donors (Lipinski definition) is 1. The van der Waals surface area contributed by atoms with Crippen LogP contribution in [0.2, 0.25) is 0 Å². The van der Waals surface area contributed by atoms with E-state index in [0.29, 0.717) is 17.2 Å². The van der Waals surface area contributed by atoms with E-state index in [1.165, 1.54) is 12.4 Å². The molecule has 1 aromatic heterocycles. The van der Waals surface area contributed by atoms with Gasteiger partial charge in [-0.3, -0.25) is 0 Å². The van der Waals surface area contributed by atoms with Gasteiger partial charge >= 0.3 is 0 Å². The first-order valence-corrected chi connectivity index (χ1v) is 7.90. The molecule has 1 aliphatic rings. The van der Waals surface area contributed by atoms with Crippen LogP contribution >= 0.6 is 15.9 Å². The molecule has 4 rings (SSSR count). The van der Waals surface area contributed by atoms with Crippen LogP contribution in [0.15, 0.2) is 65.4 Å². The maximum atomic E-state index is 14.1. The van der Waals surface area contributed by atoms with Crippen molar-refractivity contribution in [2.45, 2.75) is 6.04 Å². The summed E-state index contributed by atoms with van der Waals surface area (Å²) in [7, 11) is 0. The molecule has 4 nitrogen and oxygen atoms in total. The van der Waals surface area contributed by atoms with E-state index < -0.39 is 0 Å². The fourth-order valence-electron chi connectivity index (χ4n) is 2.67. The van der Waals surface area contributed by atoms with Crippen molar-refractivity contribution >= 4 is 27.6 Å². The Kier molecular flexibility index (Phi) is 3.46. The minimum atomic E-state index is -0.270. The second kappa shape index (κ2) is 5.62. The van der Waals surface area contributed by atoms with Gasteiger partial charge in [-0.05, 0) is 35.9 Å². The van der Waals surface area contributed by atoms with E-state index in [4.69, 9.17) is 0 Å². The zero-order chi connectivity index (χ0) is 15.8. The molecule has 0 saturated carbocycles. The highest BCUT2D eigenvalue weighted by Crippen LogP contribution is 2.32. The van der Waals surface area contributed by atoms with E-state index in [1.54, 1.807) is 16.8 Å². The van der Waals surface area contributed by atoms with Crippen LogP contribution in [0.1, 0.15) is 17.2 Å². The molecule has 0 amide bonds. The van der Waals surface area contributed by atoms with Gasteiger partial charge in [0.25, 0.3) is 0 Å². The number of anilines is 1. The molecule has 0 aliphatic carbocycles. The summed E-state index contributed by atoms with van der Waals surface area (Å²) >= 11 is 3.44. The monoisotopic (exact) mass is 370 g/mol. The standard InChI is InChI=1S/C17H12BrFN4/c18-12-7-5-11(6-8-12)16-9-15(13-3-1-2-4-14(13)19)22-17-20-10-21-23(16)17/h1-10,16H,(H,20,21,22). The largest absolute Gasteiger partial charge is 0.324 e. The average molecular weight is 371 g/mol. The summed E-state index contributed by atoms with van der Waals surface area (Å²) in [5.74, 6) is 0.326. The molecule has 3 aromatic rings. The molecule has 0 fully saturated rings. The molecule has 1 N–H and O–H groups in total. The molecule has 1 aliphatic heterocycles. The molecular formula is C17H12BrFN4. The number of halogens is 2. The van der Waals surface area contributed by atoms with Crippen molar-refractivity contribution in [3.63, 3.8) is 0 Å². The Morgan fingerprint density at radius 3 is 2.65 bits per heavy atom. The number of benzene rings is 2. The summed E-state index contributed by atoms with van der Waals surface area (Å²) in [5, 5.41) is 7.43. The smallest absolute Gasteiger partial charge is 0.226 e. The number of fused-ring (bicyclic) bond motifs is 1. The van der Waals surface area contributed by atoms with Crippen LogP contribution in [0.25, 0.3) is 5.70 Å². The Hall–Kier alpha value is -2.47. The molecule has 0 spiro atoms. The third-order valence-electron chi connectivity index (χ3n) is 3.78. The fourth-order valence-corrected chi connectivity index (χ4v) is 2.93. The Bertz CT molecular complexity index is 886. The molecule has 1 unspecified atom stereocenters. The first kappa shape index (κ1) is 14.1. The summed E-state index contributed by atoms with van der Waals surface area (Å²) in [5.41, 5.74) is 2.26. The molecule has 0 radical (unpaired) electrons. The van der Waals surface area contributed by atoms with Crippen LogP contribution in [-0.2, 0) is 0 Å². The number of nitrogens with one attached hydrogen (secondary N) is 1. The van der Waals surface area contributed by atoms with Crippen LogP contribution in [-0.4, -0.2) is 14.8 Å². The molecule has 6 heteroatoms. The molecule has 0 bridgehead atoms. The third kappa shape index (κ3) is 2.55. The van der Waals surface area contributed by atoms with Gasteiger partial charge in [-0.25, -0.2) is 9.07 Å². The number of rotatable bonds is 2. The van der Waals surface area contributed by atoms with Gasteiger partial charge in [0.1, 0.15) is 18.2 Å². The highest BCUT2D eigenvalue weighted by Gasteiger charge is 2.24. The van der Waals surface area contributed by atoms with E-state index >= 15 is 0 Å². The highest BCUT2D eigenvalue weighted by molar-refractivity contribution is 9.10. The minimum absolute atomic E-state index is 0.142. The summed E-state index contributed by atoms with van der Waals surface area (Å²) in [6, 6.07) is 14.5. The Morgan fingerprint density at radius 2 is 1.87 bits per heavy atom. The van der Waals surface area contributed by atoms with Gasteiger partial charge in [-0.2, -0.15) is 10.1 Å². The first-order valence-electron chi connectivity index (χ1n) is 7.11. The van der Waals surface area contributed by atoms with Crippen molar-refractivity contribution in [1.29, 1.82) is 0 Å². The summed E-state index contributed by atoms with van der Waals surface area (Å²) in [4.78, 5) is 4.22. The third-order valence-corrected chi connectivity index (χ3v) is 4.31. The Morgan fingerprint density at radius 1 is 1.09 bits per heavy atom. The highest BCUT2D eigenvalue weighted by atomic mass is 79.9. The average Bonchev–Trinajstić information content (AvgIpc) is 3.04. The van der Waals surface area contributed by atoms with E-state index in [0.717, 1.165) is 10.0 Å². The number of hydrogen-bond acceptors (Lipinski definition) is 3. The van der Waals surface area contributed by atoms with Gasteiger partial charge in [0, 0.05) is 15.7 Å². The summed E-state index contributed by atoms with van der Waals surface area (Å²) in [6.45, 7) is 0. The first-order chi connectivity index (χ1) is 11.2. The minimum Gasteiger partial charge on any atom is -0.324 e. The molecule has 1 atom stereocenters. The van der Waals surface area contributed by atoms with Gasteiger partial charge in [-0.15, -0.1) is 0 Å². The lowest BCUT2D eigenvalue weighted by molar-refractivity contribution is 0.606. The molecular weight excluding hydrogens is 359 g/mol. The van der Waals surface area contributed by atoms with Crippen molar-refractivity contribution in [3.8, 4) is 0 Å². The lowest BCUT2D eigenvalue weighted by atomic mass is 10.0. The summed E-state index contributed by atoms with van der Waals surface area (Å²) < 4.78 is 16.9.